The molecule has 1 heterocycles. The van der Waals surface area contributed by atoms with E-state index in [4.69, 9.17) is 16.3 Å². The van der Waals surface area contributed by atoms with Crippen molar-refractivity contribution in [3.63, 3.8) is 0 Å². The molecule has 0 radical (unpaired) electrons. The summed E-state index contributed by atoms with van der Waals surface area (Å²) in [6.07, 6.45) is 1.29. The molecular weight excluding hydrogens is 342 g/mol. The minimum Gasteiger partial charge on any atom is -0.474 e. The maximum absolute atomic E-state index is 12.1. The maximum Gasteiger partial charge on any atom is 0.253 e. The Kier molecular flexibility index (Phi) is 6.77. The monoisotopic (exact) mass is 361 g/mol. The van der Waals surface area contributed by atoms with Crippen molar-refractivity contribution in [2.75, 3.05) is 6.54 Å². The minimum absolute atomic E-state index is 0.0713. The molecular formula is C18H20ClN3O3. The van der Waals surface area contributed by atoms with Crippen molar-refractivity contribution < 1.29 is 14.3 Å². The van der Waals surface area contributed by atoms with Gasteiger partial charge in [0, 0.05) is 12.7 Å². The zero-order valence-electron chi connectivity index (χ0n) is 14.1. The van der Waals surface area contributed by atoms with E-state index in [9.17, 15) is 9.59 Å². The lowest BCUT2D eigenvalue weighted by Gasteiger charge is -2.11. The number of carbonyl (C=O) groups is 2. The molecule has 0 aliphatic rings. The Morgan fingerprint density at radius 2 is 1.92 bits per heavy atom. The predicted octanol–water partition coefficient (Wildman–Crippen LogP) is 2.57. The number of ether oxygens (including phenoxy) is 1. The van der Waals surface area contributed by atoms with Crippen LogP contribution in [-0.4, -0.2) is 29.4 Å². The van der Waals surface area contributed by atoms with Crippen LogP contribution in [0.2, 0.25) is 5.02 Å². The van der Waals surface area contributed by atoms with Crippen LogP contribution in [0.15, 0.2) is 42.6 Å². The highest BCUT2D eigenvalue weighted by molar-refractivity contribution is 6.32. The van der Waals surface area contributed by atoms with Crippen LogP contribution in [0, 0.1) is 0 Å². The van der Waals surface area contributed by atoms with Crippen LogP contribution in [0.3, 0.4) is 0 Å². The molecule has 6 nitrogen and oxygen atoms in total. The van der Waals surface area contributed by atoms with Crippen LogP contribution in [0.25, 0.3) is 0 Å². The molecule has 7 heteroatoms. The van der Waals surface area contributed by atoms with Gasteiger partial charge in [-0.1, -0.05) is 41.9 Å². The quantitative estimate of drug-likeness (QED) is 0.794. The fourth-order valence-electron chi connectivity index (χ4n) is 1.98. The lowest BCUT2D eigenvalue weighted by atomic mass is 10.2. The Morgan fingerprint density at radius 3 is 2.56 bits per heavy atom. The van der Waals surface area contributed by atoms with Crippen molar-refractivity contribution in [3.8, 4) is 5.88 Å². The van der Waals surface area contributed by atoms with Gasteiger partial charge in [0.1, 0.15) is 5.02 Å². The van der Waals surface area contributed by atoms with Gasteiger partial charge in [0.15, 0.2) is 0 Å². The summed E-state index contributed by atoms with van der Waals surface area (Å²) in [5.74, 6) is -0.440. The lowest BCUT2D eigenvalue weighted by Crippen LogP contribution is -2.36. The molecule has 0 bridgehead atoms. The van der Waals surface area contributed by atoms with Gasteiger partial charge in [-0.05, 0) is 25.5 Å². The summed E-state index contributed by atoms with van der Waals surface area (Å²) in [7, 11) is 0. The fourth-order valence-corrected chi connectivity index (χ4v) is 2.19. The smallest absolute Gasteiger partial charge is 0.253 e. The molecule has 0 aliphatic carbocycles. The molecule has 25 heavy (non-hydrogen) atoms. The molecule has 0 unspecified atom stereocenters. The van der Waals surface area contributed by atoms with E-state index in [1.54, 1.807) is 0 Å². The highest BCUT2D eigenvalue weighted by atomic mass is 35.5. The van der Waals surface area contributed by atoms with E-state index in [-0.39, 0.29) is 35.0 Å². The molecule has 0 aliphatic heterocycles. The van der Waals surface area contributed by atoms with Gasteiger partial charge in [0.25, 0.3) is 5.91 Å². The molecule has 2 aromatic rings. The van der Waals surface area contributed by atoms with Crippen molar-refractivity contribution in [1.82, 2.24) is 15.6 Å². The van der Waals surface area contributed by atoms with E-state index in [1.165, 1.54) is 12.3 Å². The summed E-state index contributed by atoms with van der Waals surface area (Å²) in [6.45, 7) is 3.98. The number of halogens is 1. The van der Waals surface area contributed by atoms with Crippen LogP contribution in [0.5, 0.6) is 5.88 Å². The van der Waals surface area contributed by atoms with Gasteiger partial charge in [0.05, 0.1) is 18.2 Å². The second kappa shape index (κ2) is 9.03. The third-order valence-corrected chi connectivity index (χ3v) is 3.43. The van der Waals surface area contributed by atoms with Gasteiger partial charge in [0.2, 0.25) is 11.8 Å². The van der Waals surface area contributed by atoms with E-state index in [0.717, 1.165) is 5.56 Å². The van der Waals surface area contributed by atoms with Crippen molar-refractivity contribution in [2.24, 2.45) is 0 Å². The van der Waals surface area contributed by atoms with E-state index in [1.807, 2.05) is 44.2 Å². The zero-order valence-corrected chi connectivity index (χ0v) is 14.8. The normalized spacial score (nSPS) is 10.4. The van der Waals surface area contributed by atoms with Crippen LogP contribution in [0.1, 0.15) is 29.8 Å². The first-order valence-corrected chi connectivity index (χ1v) is 8.24. The number of rotatable bonds is 7. The second-order valence-corrected chi connectivity index (χ2v) is 6.03. The second-order valence-electron chi connectivity index (χ2n) is 5.62. The molecule has 0 saturated heterocycles. The van der Waals surface area contributed by atoms with E-state index >= 15 is 0 Å². The van der Waals surface area contributed by atoms with Crippen LogP contribution in [-0.2, 0) is 11.3 Å². The average molecular weight is 362 g/mol. The first kappa shape index (κ1) is 18.7. The van der Waals surface area contributed by atoms with Gasteiger partial charge in [-0.3, -0.25) is 9.59 Å². The van der Waals surface area contributed by atoms with Crippen molar-refractivity contribution in [2.45, 2.75) is 26.5 Å². The van der Waals surface area contributed by atoms with E-state index in [2.05, 4.69) is 15.6 Å². The number of benzene rings is 1. The summed E-state index contributed by atoms with van der Waals surface area (Å²) in [4.78, 5) is 27.9. The first-order valence-electron chi connectivity index (χ1n) is 7.86. The molecule has 1 aromatic carbocycles. The Bertz CT molecular complexity index is 736. The molecule has 2 amide bonds. The number of hydrogen-bond acceptors (Lipinski definition) is 4. The molecule has 0 spiro atoms. The number of amides is 2. The molecule has 0 atom stereocenters. The first-order chi connectivity index (χ1) is 12.0. The van der Waals surface area contributed by atoms with Crippen molar-refractivity contribution in [1.29, 1.82) is 0 Å². The van der Waals surface area contributed by atoms with Gasteiger partial charge < -0.3 is 15.4 Å². The van der Waals surface area contributed by atoms with Crippen LogP contribution >= 0.6 is 11.6 Å². The SMILES string of the molecule is CC(C)Oc1ncc(C(=O)NCC(=O)NCc2ccccc2)cc1Cl. The van der Waals surface area contributed by atoms with Gasteiger partial charge >= 0.3 is 0 Å². The summed E-state index contributed by atoms with van der Waals surface area (Å²) in [5, 5.41) is 5.51. The Morgan fingerprint density at radius 1 is 1.20 bits per heavy atom. The van der Waals surface area contributed by atoms with Crippen LogP contribution < -0.4 is 15.4 Å². The Labute approximate surface area is 151 Å². The topological polar surface area (TPSA) is 80.3 Å². The number of aromatic nitrogens is 1. The Hall–Kier alpha value is -2.60. The number of nitrogens with zero attached hydrogens (tertiary/aromatic N) is 1. The number of nitrogens with one attached hydrogen (secondary N) is 2. The molecule has 0 fully saturated rings. The summed E-state index contributed by atoms with van der Waals surface area (Å²) >= 11 is 6.05. The van der Waals surface area contributed by atoms with Crippen molar-refractivity contribution in [3.05, 3.63) is 58.7 Å². The van der Waals surface area contributed by atoms with Gasteiger partial charge in [-0.15, -0.1) is 0 Å². The molecule has 2 N–H and O–H groups in total. The summed E-state index contributed by atoms with van der Waals surface area (Å²) in [5.41, 5.74) is 1.25. The zero-order chi connectivity index (χ0) is 18.2. The third kappa shape index (κ3) is 6.08. The third-order valence-electron chi connectivity index (χ3n) is 3.16. The van der Waals surface area contributed by atoms with Gasteiger partial charge in [-0.25, -0.2) is 4.98 Å². The van der Waals surface area contributed by atoms with Crippen molar-refractivity contribution >= 4 is 23.4 Å². The molecule has 2 rings (SSSR count). The number of hydrogen-bond donors (Lipinski definition) is 2. The highest BCUT2D eigenvalue weighted by Crippen LogP contribution is 2.23. The predicted molar refractivity (Wildman–Crippen MR) is 95.6 cm³/mol. The maximum atomic E-state index is 12.1. The minimum atomic E-state index is -0.430. The van der Waals surface area contributed by atoms with E-state index in [0.29, 0.717) is 6.54 Å². The standard InChI is InChI=1S/C18H20ClN3O3/c1-12(2)25-18-15(19)8-14(10-22-18)17(24)21-11-16(23)20-9-13-6-4-3-5-7-13/h3-8,10,12H,9,11H2,1-2H3,(H,20,23)(H,21,24). The number of carbonyl (C=O) groups excluding carboxylic acids is 2. The number of pyridine rings is 1. The summed E-state index contributed by atoms with van der Waals surface area (Å²) < 4.78 is 5.41. The molecule has 0 saturated carbocycles. The fraction of sp³-hybridized carbons (Fsp3) is 0.278. The summed E-state index contributed by atoms with van der Waals surface area (Å²) in [6, 6.07) is 11.0. The molecule has 1 aromatic heterocycles. The van der Waals surface area contributed by atoms with Gasteiger partial charge in [-0.2, -0.15) is 0 Å². The Balaban J connectivity index is 1.83. The largest absolute Gasteiger partial charge is 0.474 e. The highest BCUT2D eigenvalue weighted by Gasteiger charge is 2.12. The van der Waals surface area contributed by atoms with E-state index < -0.39 is 5.91 Å². The molecule has 132 valence electrons. The lowest BCUT2D eigenvalue weighted by molar-refractivity contribution is -0.120. The van der Waals surface area contributed by atoms with Crippen LogP contribution in [0.4, 0.5) is 0 Å². The average Bonchev–Trinajstić information content (AvgIpc) is 2.60.